The molecule has 0 atom stereocenters. The highest BCUT2D eigenvalue weighted by Gasteiger charge is 2.13. The van der Waals surface area contributed by atoms with E-state index in [1.54, 1.807) is 22.7 Å². The molecule has 2 amide bonds. The lowest BCUT2D eigenvalue weighted by molar-refractivity contribution is -0.118. The van der Waals surface area contributed by atoms with Crippen LogP contribution in [0.2, 0.25) is 0 Å². The molecule has 0 saturated carbocycles. The first-order valence-corrected chi connectivity index (χ1v) is 10.7. The van der Waals surface area contributed by atoms with Gasteiger partial charge in [0.2, 0.25) is 5.91 Å². The number of nitrogens with one attached hydrogen (secondary N) is 2. The minimum absolute atomic E-state index is 0.0982. The summed E-state index contributed by atoms with van der Waals surface area (Å²) in [5.74, 6) is -0.121. The Balaban J connectivity index is 1.40. The third-order valence-corrected chi connectivity index (χ3v) is 5.52. The van der Waals surface area contributed by atoms with Gasteiger partial charge in [-0.15, -0.1) is 10.2 Å². The number of rotatable bonds is 7. The van der Waals surface area contributed by atoms with Gasteiger partial charge in [-0.1, -0.05) is 54.2 Å². The Kier molecular flexibility index (Phi) is 6.28. The Labute approximate surface area is 183 Å². The predicted molar refractivity (Wildman–Crippen MR) is 121 cm³/mol. The van der Waals surface area contributed by atoms with E-state index in [2.05, 4.69) is 20.8 Å². The highest BCUT2D eigenvalue weighted by Crippen LogP contribution is 2.18. The van der Waals surface area contributed by atoms with Crippen LogP contribution in [0.5, 0.6) is 0 Å². The molecule has 2 heterocycles. The smallest absolute Gasteiger partial charge is 0.257 e. The lowest BCUT2D eigenvalue weighted by Crippen LogP contribution is -2.24. The van der Waals surface area contributed by atoms with Gasteiger partial charge in [-0.3, -0.25) is 14.0 Å². The Morgan fingerprint density at radius 2 is 1.84 bits per heavy atom. The average Bonchev–Trinajstić information content (AvgIpc) is 3.19. The highest BCUT2D eigenvalue weighted by atomic mass is 32.2. The molecule has 7 nitrogen and oxygen atoms in total. The molecule has 0 aliphatic rings. The normalized spacial score (nSPS) is 10.7. The second kappa shape index (κ2) is 9.44. The van der Waals surface area contributed by atoms with Crippen molar-refractivity contribution in [1.29, 1.82) is 0 Å². The molecular formula is C23H21N5O2S. The molecule has 8 heteroatoms. The lowest BCUT2D eigenvalue weighted by atomic mass is 10.2. The molecule has 2 aromatic heterocycles. The van der Waals surface area contributed by atoms with Crippen LogP contribution in [0.1, 0.15) is 21.5 Å². The summed E-state index contributed by atoms with van der Waals surface area (Å²) < 4.78 is 1.72. The molecule has 31 heavy (non-hydrogen) atoms. The highest BCUT2D eigenvalue weighted by molar-refractivity contribution is 7.99. The van der Waals surface area contributed by atoms with Gasteiger partial charge in [0.1, 0.15) is 0 Å². The van der Waals surface area contributed by atoms with Crippen LogP contribution < -0.4 is 10.6 Å². The first kappa shape index (κ1) is 20.6. The number of carbonyl (C=O) groups is 2. The zero-order valence-corrected chi connectivity index (χ0v) is 17.7. The second-order valence-electron chi connectivity index (χ2n) is 7.00. The molecular weight excluding hydrogens is 410 g/mol. The standard InChI is InChI=1S/C23H21N5O2S/c1-16-6-5-9-19(12-16)25-22(30)18-10-11-20-26-27-23(28(20)14-18)31-15-21(29)24-13-17-7-3-2-4-8-17/h2-12,14H,13,15H2,1H3,(H,24,29)(H,25,30). The van der Waals surface area contributed by atoms with Crippen LogP contribution in [-0.4, -0.2) is 32.2 Å². The zero-order valence-electron chi connectivity index (χ0n) is 16.9. The maximum absolute atomic E-state index is 12.7. The number of thioether (sulfide) groups is 1. The number of aryl methyl sites for hydroxylation is 1. The van der Waals surface area contributed by atoms with E-state index in [4.69, 9.17) is 0 Å². The van der Waals surface area contributed by atoms with Crippen molar-refractivity contribution in [1.82, 2.24) is 19.9 Å². The van der Waals surface area contributed by atoms with Gasteiger partial charge in [0.25, 0.3) is 5.91 Å². The van der Waals surface area contributed by atoms with Crippen LogP contribution in [0, 0.1) is 6.92 Å². The molecule has 0 aliphatic carbocycles. The lowest BCUT2D eigenvalue weighted by Gasteiger charge is -2.07. The summed E-state index contributed by atoms with van der Waals surface area (Å²) in [6.07, 6.45) is 1.69. The molecule has 0 unspecified atom stereocenters. The van der Waals surface area contributed by atoms with E-state index >= 15 is 0 Å². The molecule has 0 fully saturated rings. The van der Waals surface area contributed by atoms with Crippen LogP contribution in [0.4, 0.5) is 5.69 Å². The van der Waals surface area contributed by atoms with Crippen LogP contribution in [-0.2, 0) is 11.3 Å². The van der Waals surface area contributed by atoms with E-state index in [-0.39, 0.29) is 17.6 Å². The third-order valence-electron chi connectivity index (χ3n) is 4.57. The fourth-order valence-electron chi connectivity index (χ4n) is 3.01. The molecule has 0 aliphatic heterocycles. The van der Waals surface area contributed by atoms with Gasteiger partial charge >= 0.3 is 0 Å². The fraction of sp³-hybridized carbons (Fsp3) is 0.130. The SMILES string of the molecule is Cc1cccc(NC(=O)c2ccc3nnc(SCC(=O)NCc4ccccc4)n3c2)c1. The van der Waals surface area contributed by atoms with Crippen LogP contribution in [0.3, 0.4) is 0 Å². The first-order valence-electron chi connectivity index (χ1n) is 9.75. The number of fused-ring (bicyclic) bond motifs is 1. The number of hydrogen-bond donors (Lipinski definition) is 2. The van der Waals surface area contributed by atoms with Gasteiger partial charge in [0.05, 0.1) is 11.3 Å². The summed E-state index contributed by atoms with van der Waals surface area (Å²) >= 11 is 1.27. The molecule has 0 bridgehead atoms. The summed E-state index contributed by atoms with van der Waals surface area (Å²) in [6.45, 7) is 2.45. The maximum atomic E-state index is 12.7. The zero-order chi connectivity index (χ0) is 21.6. The summed E-state index contributed by atoms with van der Waals surface area (Å²) in [5.41, 5.74) is 3.93. The number of carbonyl (C=O) groups excluding carboxylic acids is 2. The van der Waals surface area contributed by atoms with Gasteiger partial charge in [-0.25, -0.2) is 0 Å². The fourth-order valence-corrected chi connectivity index (χ4v) is 3.75. The summed E-state index contributed by atoms with van der Waals surface area (Å²) in [4.78, 5) is 24.9. The summed E-state index contributed by atoms with van der Waals surface area (Å²) in [5, 5.41) is 14.6. The molecule has 2 aromatic carbocycles. The van der Waals surface area contributed by atoms with Crippen molar-refractivity contribution in [3.63, 3.8) is 0 Å². The number of benzene rings is 2. The molecule has 2 N–H and O–H groups in total. The van der Waals surface area contributed by atoms with E-state index in [9.17, 15) is 9.59 Å². The maximum Gasteiger partial charge on any atom is 0.257 e. The summed E-state index contributed by atoms with van der Waals surface area (Å²) in [7, 11) is 0. The Morgan fingerprint density at radius 1 is 1.00 bits per heavy atom. The van der Waals surface area contributed by atoms with E-state index in [1.807, 2.05) is 61.5 Å². The molecule has 4 aromatic rings. The number of amides is 2. The molecule has 0 saturated heterocycles. The van der Waals surface area contributed by atoms with Crippen LogP contribution in [0.15, 0.2) is 78.1 Å². The van der Waals surface area contributed by atoms with E-state index in [0.717, 1.165) is 16.8 Å². The van der Waals surface area contributed by atoms with Crippen molar-refractivity contribution in [2.24, 2.45) is 0 Å². The molecule has 0 spiro atoms. The van der Waals surface area contributed by atoms with E-state index in [0.29, 0.717) is 22.9 Å². The monoisotopic (exact) mass is 431 g/mol. The number of anilines is 1. The van der Waals surface area contributed by atoms with Crippen molar-refractivity contribution >= 4 is 34.9 Å². The number of nitrogens with zero attached hydrogens (tertiary/aromatic N) is 3. The van der Waals surface area contributed by atoms with Gasteiger partial charge < -0.3 is 10.6 Å². The summed E-state index contributed by atoms with van der Waals surface area (Å²) in [6, 6.07) is 20.8. The first-order chi connectivity index (χ1) is 15.1. The van der Waals surface area contributed by atoms with Crippen LogP contribution >= 0.6 is 11.8 Å². The van der Waals surface area contributed by atoms with Gasteiger partial charge in [0, 0.05) is 18.4 Å². The Hall–Kier alpha value is -3.65. The molecule has 0 radical (unpaired) electrons. The van der Waals surface area contributed by atoms with Gasteiger partial charge in [0.15, 0.2) is 10.8 Å². The molecule has 4 rings (SSSR count). The van der Waals surface area contributed by atoms with Crippen molar-refractivity contribution in [2.45, 2.75) is 18.6 Å². The average molecular weight is 432 g/mol. The van der Waals surface area contributed by atoms with Crippen molar-refractivity contribution in [2.75, 3.05) is 11.1 Å². The molecule has 156 valence electrons. The van der Waals surface area contributed by atoms with E-state index in [1.165, 1.54) is 11.8 Å². The Morgan fingerprint density at radius 3 is 2.65 bits per heavy atom. The van der Waals surface area contributed by atoms with Crippen molar-refractivity contribution in [3.8, 4) is 0 Å². The second-order valence-corrected chi connectivity index (χ2v) is 7.95. The minimum Gasteiger partial charge on any atom is -0.351 e. The number of pyridine rings is 1. The number of hydrogen-bond acceptors (Lipinski definition) is 5. The van der Waals surface area contributed by atoms with Gasteiger partial charge in [-0.2, -0.15) is 0 Å². The topological polar surface area (TPSA) is 88.4 Å². The number of aromatic nitrogens is 3. The Bertz CT molecular complexity index is 1220. The van der Waals surface area contributed by atoms with Gasteiger partial charge in [-0.05, 0) is 42.3 Å². The quantitative estimate of drug-likeness (QED) is 0.436. The van der Waals surface area contributed by atoms with Crippen molar-refractivity contribution < 1.29 is 9.59 Å². The van der Waals surface area contributed by atoms with Crippen LogP contribution in [0.25, 0.3) is 5.65 Å². The predicted octanol–water partition coefficient (Wildman–Crippen LogP) is 3.70. The largest absolute Gasteiger partial charge is 0.351 e. The minimum atomic E-state index is -0.224. The van der Waals surface area contributed by atoms with E-state index < -0.39 is 0 Å². The third kappa shape index (κ3) is 5.29. The van der Waals surface area contributed by atoms with Crippen molar-refractivity contribution in [3.05, 3.63) is 89.6 Å².